The maximum absolute atomic E-state index is 9.10. The molecule has 0 aliphatic rings. The van der Waals surface area contributed by atoms with E-state index in [1.54, 1.807) is 19.1 Å². The molecule has 1 unspecified atom stereocenters. The van der Waals surface area contributed by atoms with Crippen LogP contribution in [0, 0.1) is 0 Å². The molecule has 0 aromatic heterocycles. The Morgan fingerprint density at radius 3 is 2.67 bits per heavy atom. The molecule has 3 N–H and O–H groups in total. The maximum Gasteiger partial charge on any atom is 0.142 e. The quantitative estimate of drug-likeness (QED) is 0.861. The molecular weight excluding hydrogens is 237 g/mol. The van der Waals surface area contributed by atoms with Crippen molar-refractivity contribution in [3.05, 3.63) is 27.7 Å². The lowest BCUT2D eigenvalue weighted by molar-refractivity contribution is 0.122. The zero-order chi connectivity index (χ0) is 11.4. The summed E-state index contributed by atoms with van der Waals surface area (Å²) in [5.41, 5.74) is 6.26. The van der Waals surface area contributed by atoms with Crippen LogP contribution in [-0.4, -0.2) is 17.8 Å². The Balaban J connectivity index is 2.93. The molecule has 84 valence electrons. The number of rotatable bonds is 4. The monoisotopic (exact) mass is 249 g/mol. The second-order valence-electron chi connectivity index (χ2n) is 3.24. The van der Waals surface area contributed by atoms with Crippen LogP contribution in [0.4, 0.5) is 0 Å². The van der Waals surface area contributed by atoms with E-state index in [4.69, 9.17) is 38.8 Å². The first kappa shape index (κ1) is 12.6. The Morgan fingerprint density at radius 1 is 1.47 bits per heavy atom. The van der Waals surface area contributed by atoms with Gasteiger partial charge in [0.05, 0.1) is 11.1 Å². The van der Waals surface area contributed by atoms with Gasteiger partial charge < -0.3 is 15.6 Å². The zero-order valence-electron chi connectivity index (χ0n) is 8.34. The molecule has 5 heteroatoms. The molecule has 15 heavy (non-hydrogen) atoms. The van der Waals surface area contributed by atoms with Gasteiger partial charge in [-0.05, 0) is 19.1 Å². The highest BCUT2D eigenvalue weighted by atomic mass is 35.5. The largest absolute Gasteiger partial charge is 0.489 e. The Bertz CT molecular complexity index is 342. The molecule has 0 amide bonds. The van der Waals surface area contributed by atoms with E-state index in [2.05, 4.69) is 0 Å². The maximum atomic E-state index is 9.10. The molecule has 1 rings (SSSR count). The van der Waals surface area contributed by atoms with Crippen LogP contribution in [0.15, 0.2) is 12.1 Å². The van der Waals surface area contributed by atoms with E-state index in [0.29, 0.717) is 15.8 Å². The van der Waals surface area contributed by atoms with Crippen LogP contribution in [0.3, 0.4) is 0 Å². The van der Waals surface area contributed by atoms with Gasteiger partial charge in [0.15, 0.2) is 0 Å². The molecule has 0 heterocycles. The summed E-state index contributed by atoms with van der Waals surface area (Å²) in [5.74, 6) is 0.490. The van der Waals surface area contributed by atoms with Crippen LogP contribution in [0.2, 0.25) is 10.0 Å². The molecule has 0 saturated carbocycles. The van der Waals surface area contributed by atoms with Gasteiger partial charge in [0, 0.05) is 17.1 Å². The summed E-state index contributed by atoms with van der Waals surface area (Å²) >= 11 is 11.8. The Morgan fingerprint density at radius 2 is 2.13 bits per heavy atom. The molecule has 0 radical (unpaired) electrons. The fourth-order valence-corrected chi connectivity index (χ4v) is 1.72. The number of hydrogen-bond donors (Lipinski definition) is 2. The van der Waals surface area contributed by atoms with Crippen molar-refractivity contribution in [1.82, 2.24) is 0 Å². The first-order valence-electron chi connectivity index (χ1n) is 4.53. The average molecular weight is 250 g/mol. The summed E-state index contributed by atoms with van der Waals surface area (Å²) in [5, 5.41) is 10.0. The lowest BCUT2D eigenvalue weighted by Crippen LogP contribution is -2.14. The van der Waals surface area contributed by atoms with E-state index in [-0.39, 0.29) is 13.2 Å². The minimum Gasteiger partial charge on any atom is -0.489 e. The van der Waals surface area contributed by atoms with Gasteiger partial charge in [0.25, 0.3) is 0 Å². The second-order valence-corrected chi connectivity index (χ2v) is 4.08. The van der Waals surface area contributed by atoms with Gasteiger partial charge in [0.1, 0.15) is 12.4 Å². The van der Waals surface area contributed by atoms with E-state index in [9.17, 15) is 0 Å². The Kier molecular flexibility index (Phi) is 4.67. The average Bonchev–Trinajstić information content (AvgIpc) is 2.14. The van der Waals surface area contributed by atoms with Crippen molar-refractivity contribution in [1.29, 1.82) is 0 Å². The third kappa shape index (κ3) is 3.54. The topological polar surface area (TPSA) is 55.5 Å². The van der Waals surface area contributed by atoms with Gasteiger partial charge in [-0.1, -0.05) is 23.2 Å². The van der Waals surface area contributed by atoms with Gasteiger partial charge >= 0.3 is 0 Å². The minimum atomic E-state index is -0.553. The molecule has 0 aliphatic heterocycles. The SMILES string of the molecule is CC(O)COc1c(Cl)cc(Cl)cc1CN. The van der Waals surface area contributed by atoms with Crippen molar-refractivity contribution in [2.45, 2.75) is 19.6 Å². The van der Waals surface area contributed by atoms with E-state index < -0.39 is 6.10 Å². The number of ether oxygens (including phenoxy) is 1. The van der Waals surface area contributed by atoms with Crippen LogP contribution in [0.25, 0.3) is 0 Å². The van der Waals surface area contributed by atoms with Crippen LogP contribution in [0.1, 0.15) is 12.5 Å². The molecule has 0 fully saturated rings. The zero-order valence-corrected chi connectivity index (χ0v) is 9.85. The summed E-state index contributed by atoms with van der Waals surface area (Å²) in [6.07, 6.45) is -0.553. The molecule has 1 aromatic rings. The fourth-order valence-electron chi connectivity index (χ4n) is 1.13. The highest BCUT2D eigenvalue weighted by Gasteiger charge is 2.10. The van der Waals surface area contributed by atoms with E-state index in [1.165, 1.54) is 0 Å². The van der Waals surface area contributed by atoms with E-state index in [1.807, 2.05) is 0 Å². The molecule has 1 atom stereocenters. The third-order valence-corrected chi connectivity index (χ3v) is 2.27. The summed E-state index contributed by atoms with van der Waals surface area (Å²) in [7, 11) is 0. The van der Waals surface area contributed by atoms with E-state index in [0.717, 1.165) is 5.56 Å². The van der Waals surface area contributed by atoms with Gasteiger partial charge in [-0.2, -0.15) is 0 Å². The van der Waals surface area contributed by atoms with Crippen molar-refractivity contribution in [2.75, 3.05) is 6.61 Å². The lowest BCUT2D eigenvalue weighted by atomic mass is 10.2. The van der Waals surface area contributed by atoms with Gasteiger partial charge in [0.2, 0.25) is 0 Å². The highest BCUT2D eigenvalue weighted by Crippen LogP contribution is 2.32. The predicted octanol–water partition coefficient (Wildman–Crippen LogP) is 2.21. The summed E-state index contributed by atoms with van der Waals surface area (Å²) in [6.45, 7) is 2.09. The Hall–Kier alpha value is -0.480. The number of nitrogens with two attached hydrogens (primary N) is 1. The van der Waals surface area contributed by atoms with Crippen LogP contribution in [0.5, 0.6) is 5.75 Å². The highest BCUT2D eigenvalue weighted by molar-refractivity contribution is 6.35. The van der Waals surface area contributed by atoms with Crippen LogP contribution in [-0.2, 0) is 6.54 Å². The molecule has 0 bridgehead atoms. The first-order chi connectivity index (χ1) is 7.04. The summed E-state index contributed by atoms with van der Waals surface area (Å²) in [6, 6.07) is 3.28. The molecule has 3 nitrogen and oxygen atoms in total. The van der Waals surface area contributed by atoms with Crippen molar-refractivity contribution in [3.63, 3.8) is 0 Å². The van der Waals surface area contributed by atoms with Crippen molar-refractivity contribution >= 4 is 23.2 Å². The minimum absolute atomic E-state index is 0.175. The number of hydrogen-bond acceptors (Lipinski definition) is 3. The molecular formula is C10H13Cl2NO2. The summed E-state index contributed by atoms with van der Waals surface area (Å²) < 4.78 is 5.35. The smallest absolute Gasteiger partial charge is 0.142 e. The Labute approximate surface area is 98.7 Å². The van der Waals surface area contributed by atoms with Crippen LogP contribution >= 0.6 is 23.2 Å². The molecule has 1 aromatic carbocycles. The number of aliphatic hydroxyl groups excluding tert-OH is 1. The third-order valence-electron chi connectivity index (χ3n) is 1.77. The number of aliphatic hydroxyl groups is 1. The first-order valence-corrected chi connectivity index (χ1v) is 5.29. The fraction of sp³-hybridized carbons (Fsp3) is 0.400. The molecule has 0 aliphatic carbocycles. The van der Waals surface area contributed by atoms with Crippen molar-refractivity contribution in [2.24, 2.45) is 5.73 Å². The second kappa shape index (κ2) is 5.56. The predicted molar refractivity (Wildman–Crippen MR) is 61.5 cm³/mol. The van der Waals surface area contributed by atoms with E-state index >= 15 is 0 Å². The van der Waals surface area contributed by atoms with Gasteiger partial charge in [-0.15, -0.1) is 0 Å². The van der Waals surface area contributed by atoms with Gasteiger partial charge in [-0.3, -0.25) is 0 Å². The van der Waals surface area contributed by atoms with Crippen LogP contribution < -0.4 is 10.5 Å². The molecule has 0 spiro atoms. The molecule has 0 saturated heterocycles. The normalized spacial score (nSPS) is 12.6. The standard InChI is InChI=1S/C10H13Cl2NO2/c1-6(14)5-15-10-7(4-13)2-8(11)3-9(10)12/h2-3,6,14H,4-5,13H2,1H3. The number of halogens is 2. The van der Waals surface area contributed by atoms with Gasteiger partial charge in [-0.25, -0.2) is 0 Å². The van der Waals surface area contributed by atoms with Crippen molar-refractivity contribution in [3.8, 4) is 5.75 Å². The number of benzene rings is 1. The lowest BCUT2D eigenvalue weighted by Gasteiger charge is -2.13. The van der Waals surface area contributed by atoms with Crippen molar-refractivity contribution < 1.29 is 9.84 Å². The summed E-state index contributed by atoms with van der Waals surface area (Å²) in [4.78, 5) is 0.